The number of halogens is 1. The Bertz CT molecular complexity index is 415. The summed E-state index contributed by atoms with van der Waals surface area (Å²) >= 11 is 5.72. The van der Waals surface area contributed by atoms with Crippen LogP contribution in [0.3, 0.4) is 0 Å². The molecule has 0 atom stereocenters. The van der Waals surface area contributed by atoms with Crippen molar-refractivity contribution in [3.63, 3.8) is 0 Å². The molecule has 0 heterocycles. The Morgan fingerprint density at radius 2 is 2.05 bits per heavy atom. The first-order valence-corrected chi connectivity index (χ1v) is 7.22. The fourth-order valence-corrected chi connectivity index (χ4v) is 1.97. The van der Waals surface area contributed by atoms with Crippen LogP contribution in [0.2, 0.25) is 0 Å². The fraction of sp³-hybridized carbons (Fsp3) is 0.533. The molecule has 1 fully saturated rings. The number of amides is 1. The number of carbonyl (C=O) groups is 1. The molecule has 0 spiro atoms. The maximum atomic E-state index is 12.1. The predicted octanol–water partition coefficient (Wildman–Crippen LogP) is 2.92. The molecule has 1 aliphatic rings. The molecule has 0 bridgehead atoms. The van der Waals surface area contributed by atoms with E-state index in [-0.39, 0.29) is 5.91 Å². The number of hydrogen-bond donors (Lipinski definition) is 0. The molecule has 2 rings (SSSR count). The summed E-state index contributed by atoms with van der Waals surface area (Å²) < 4.78 is 5.54. The summed E-state index contributed by atoms with van der Waals surface area (Å²) in [6.07, 6.45) is 2.59. The molecule has 0 aliphatic heterocycles. The summed E-state index contributed by atoms with van der Waals surface area (Å²) in [4.78, 5) is 13.8. The lowest BCUT2D eigenvalue weighted by molar-refractivity contribution is 0.0681. The number of rotatable bonds is 7. The van der Waals surface area contributed by atoms with Gasteiger partial charge in [-0.3, -0.25) is 4.79 Å². The average Bonchev–Trinajstić information content (AvgIpc) is 3.27. The Morgan fingerprint density at radius 1 is 1.37 bits per heavy atom. The molecule has 1 aliphatic carbocycles. The third-order valence-corrected chi connectivity index (χ3v) is 3.63. The van der Waals surface area contributed by atoms with E-state index in [2.05, 4.69) is 0 Å². The highest BCUT2D eigenvalue weighted by Gasteiger charge is 2.21. The number of alkyl halides is 1. The van der Waals surface area contributed by atoms with Crippen LogP contribution in [0.1, 0.15) is 28.8 Å². The molecule has 1 amide bonds. The van der Waals surface area contributed by atoms with E-state index in [1.165, 1.54) is 12.8 Å². The van der Waals surface area contributed by atoms with Gasteiger partial charge < -0.3 is 9.64 Å². The van der Waals surface area contributed by atoms with Gasteiger partial charge in [0.1, 0.15) is 0 Å². The van der Waals surface area contributed by atoms with Crippen molar-refractivity contribution < 1.29 is 9.53 Å². The highest BCUT2D eigenvalue weighted by atomic mass is 35.5. The molecule has 0 N–H and O–H groups in total. The lowest BCUT2D eigenvalue weighted by Gasteiger charge is -2.17. The summed E-state index contributed by atoms with van der Waals surface area (Å²) in [6, 6.07) is 7.42. The predicted molar refractivity (Wildman–Crippen MR) is 76.5 cm³/mol. The highest BCUT2D eigenvalue weighted by molar-refractivity contribution is 6.17. The molecular weight excluding hydrogens is 262 g/mol. The van der Waals surface area contributed by atoms with Crippen LogP contribution >= 0.6 is 11.6 Å². The van der Waals surface area contributed by atoms with Gasteiger partial charge in [-0.25, -0.2) is 0 Å². The minimum atomic E-state index is 0.0242. The number of ether oxygens (including phenoxy) is 1. The second-order valence-electron chi connectivity index (χ2n) is 5.08. The molecule has 1 saturated carbocycles. The second kappa shape index (κ2) is 6.92. The number of nitrogens with zero attached hydrogens (tertiary/aromatic N) is 1. The van der Waals surface area contributed by atoms with Crippen molar-refractivity contribution in [2.24, 2.45) is 5.92 Å². The van der Waals surface area contributed by atoms with Gasteiger partial charge in [-0.1, -0.05) is 12.1 Å². The van der Waals surface area contributed by atoms with Gasteiger partial charge in [0.2, 0.25) is 0 Å². The van der Waals surface area contributed by atoms with Gasteiger partial charge in [0.15, 0.2) is 0 Å². The molecule has 1 aromatic carbocycles. The van der Waals surface area contributed by atoms with Crippen molar-refractivity contribution >= 4 is 17.5 Å². The SMILES string of the molecule is CN(CCOCC1CC1)C(=O)c1ccc(CCl)cc1. The minimum Gasteiger partial charge on any atom is -0.379 e. The maximum absolute atomic E-state index is 12.1. The Kier molecular flexibility index (Phi) is 5.23. The molecule has 4 heteroatoms. The third kappa shape index (κ3) is 4.51. The van der Waals surface area contributed by atoms with Crippen molar-refractivity contribution in [1.82, 2.24) is 4.90 Å². The van der Waals surface area contributed by atoms with Crippen LogP contribution in [0.5, 0.6) is 0 Å². The quantitative estimate of drug-likeness (QED) is 0.568. The lowest BCUT2D eigenvalue weighted by Crippen LogP contribution is -2.30. The minimum absolute atomic E-state index is 0.0242. The third-order valence-electron chi connectivity index (χ3n) is 3.32. The molecule has 104 valence electrons. The molecule has 3 nitrogen and oxygen atoms in total. The van der Waals surface area contributed by atoms with Gasteiger partial charge in [0, 0.05) is 31.6 Å². The summed E-state index contributed by atoms with van der Waals surface area (Å²) in [5.74, 6) is 1.26. The van der Waals surface area contributed by atoms with Crippen LogP contribution in [-0.4, -0.2) is 37.6 Å². The number of carbonyl (C=O) groups excluding carboxylic acids is 1. The van der Waals surface area contributed by atoms with Crippen molar-refractivity contribution in [3.8, 4) is 0 Å². The summed E-state index contributed by atoms with van der Waals surface area (Å²) in [7, 11) is 1.80. The van der Waals surface area contributed by atoms with Crippen LogP contribution in [-0.2, 0) is 10.6 Å². The van der Waals surface area contributed by atoms with Crippen LogP contribution in [0, 0.1) is 5.92 Å². The van der Waals surface area contributed by atoms with Gasteiger partial charge in [0.25, 0.3) is 5.91 Å². The van der Waals surface area contributed by atoms with Gasteiger partial charge in [-0.2, -0.15) is 0 Å². The largest absolute Gasteiger partial charge is 0.379 e. The zero-order valence-electron chi connectivity index (χ0n) is 11.3. The van der Waals surface area contributed by atoms with Crippen molar-refractivity contribution in [1.29, 1.82) is 0 Å². The zero-order chi connectivity index (χ0) is 13.7. The highest BCUT2D eigenvalue weighted by Crippen LogP contribution is 2.28. The van der Waals surface area contributed by atoms with E-state index in [1.54, 1.807) is 11.9 Å². The van der Waals surface area contributed by atoms with E-state index in [0.29, 0.717) is 24.6 Å². The van der Waals surface area contributed by atoms with E-state index >= 15 is 0 Å². The van der Waals surface area contributed by atoms with E-state index in [1.807, 2.05) is 24.3 Å². The fourth-order valence-electron chi connectivity index (χ4n) is 1.79. The first kappa shape index (κ1) is 14.4. The zero-order valence-corrected chi connectivity index (χ0v) is 12.0. The Morgan fingerprint density at radius 3 is 2.63 bits per heavy atom. The topological polar surface area (TPSA) is 29.5 Å². The number of likely N-dealkylation sites (N-methyl/N-ethyl adjacent to an activating group) is 1. The molecule has 1 aromatic rings. The molecular formula is C15H20ClNO2. The van der Waals surface area contributed by atoms with Gasteiger partial charge in [-0.05, 0) is 36.5 Å². The monoisotopic (exact) mass is 281 g/mol. The molecule has 19 heavy (non-hydrogen) atoms. The second-order valence-corrected chi connectivity index (χ2v) is 5.34. The Labute approximate surface area is 119 Å². The summed E-state index contributed by atoms with van der Waals surface area (Å²) in [5, 5.41) is 0. The van der Waals surface area contributed by atoms with Crippen LogP contribution in [0.15, 0.2) is 24.3 Å². The van der Waals surface area contributed by atoms with E-state index in [4.69, 9.17) is 16.3 Å². The van der Waals surface area contributed by atoms with Gasteiger partial charge in [-0.15, -0.1) is 11.6 Å². The molecule has 0 aromatic heterocycles. The van der Waals surface area contributed by atoms with Crippen LogP contribution in [0.4, 0.5) is 0 Å². The normalized spacial score (nSPS) is 14.4. The number of hydrogen-bond acceptors (Lipinski definition) is 2. The first-order chi connectivity index (χ1) is 9.20. The average molecular weight is 282 g/mol. The lowest BCUT2D eigenvalue weighted by atomic mass is 10.1. The number of benzene rings is 1. The van der Waals surface area contributed by atoms with E-state index < -0.39 is 0 Å². The Balaban J connectivity index is 1.76. The van der Waals surface area contributed by atoms with E-state index in [9.17, 15) is 4.79 Å². The van der Waals surface area contributed by atoms with Crippen molar-refractivity contribution in [3.05, 3.63) is 35.4 Å². The summed E-state index contributed by atoms with van der Waals surface area (Å²) in [6.45, 7) is 2.08. The van der Waals surface area contributed by atoms with Crippen molar-refractivity contribution in [2.75, 3.05) is 26.8 Å². The molecule has 0 unspecified atom stereocenters. The molecule has 0 saturated heterocycles. The van der Waals surface area contributed by atoms with E-state index in [0.717, 1.165) is 18.1 Å². The van der Waals surface area contributed by atoms with Crippen LogP contribution < -0.4 is 0 Å². The smallest absolute Gasteiger partial charge is 0.253 e. The standard InChI is InChI=1S/C15H20ClNO2/c1-17(8-9-19-11-13-2-3-13)15(18)14-6-4-12(10-16)5-7-14/h4-7,13H,2-3,8-11H2,1H3. The van der Waals surface area contributed by atoms with Gasteiger partial charge in [0.05, 0.1) is 6.61 Å². The first-order valence-electron chi connectivity index (χ1n) is 6.69. The van der Waals surface area contributed by atoms with Crippen molar-refractivity contribution in [2.45, 2.75) is 18.7 Å². The van der Waals surface area contributed by atoms with Crippen LogP contribution in [0.25, 0.3) is 0 Å². The summed E-state index contributed by atoms with van der Waals surface area (Å²) in [5.41, 5.74) is 1.71. The van der Waals surface area contributed by atoms with Gasteiger partial charge >= 0.3 is 0 Å². The molecule has 0 radical (unpaired) electrons. The Hall–Kier alpha value is -1.06. The maximum Gasteiger partial charge on any atom is 0.253 e.